The molecule has 0 fully saturated rings. The number of nitrogens with one attached hydrogen (secondary N) is 2. The Hall–Kier alpha value is -1.94. The smallest absolute Gasteiger partial charge is 0.172 e. The third-order valence-electron chi connectivity index (χ3n) is 3.16. The molecule has 1 aromatic carbocycles. The Morgan fingerprint density at radius 2 is 1.90 bits per heavy atom. The third kappa shape index (κ3) is 3.78. The van der Waals surface area contributed by atoms with Gasteiger partial charge in [0.05, 0.1) is 6.04 Å². The first-order valence-corrected chi connectivity index (χ1v) is 7.03. The van der Waals surface area contributed by atoms with Crippen LogP contribution in [0.5, 0.6) is 0 Å². The van der Waals surface area contributed by atoms with Crippen molar-refractivity contribution >= 4 is 23.1 Å². The lowest BCUT2D eigenvalue weighted by Gasteiger charge is -2.18. The maximum Gasteiger partial charge on any atom is 0.172 e. The Bertz CT molecular complexity index is 593. The van der Waals surface area contributed by atoms with Crippen LogP contribution in [0, 0.1) is 13.8 Å². The maximum absolute atomic E-state index is 5.33. The van der Waals surface area contributed by atoms with E-state index in [1.54, 1.807) is 0 Å². The van der Waals surface area contributed by atoms with Crippen LogP contribution in [0.1, 0.15) is 29.7 Å². The molecular weight excluding hydrogens is 266 g/mol. The average molecular weight is 285 g/mol. The van der Waals surface area contributed by atoms with Gasteiger partial charge in [-0.25, -0.2) is 4.98 Å². The van der Waals surface area contributed by atoms with Gasteiger partial charge >= 0.3 is 0 Å². The number of aromatic nitrogens is 1. The molecule has 0 spiro atoms. The van der Waals surface area contributed by atoms with Crippen LogP contribution in [0.15, 0.2) is 42.6 Å². The molecule has 104 valence electrons. The topological polar surface area (TPSA) is 37.0 Å². The highest BCUT2D eigenvalue weighted by atomic mass is 32.1. The Labute approximate surface area is 125 Å². The number of hydrogen-bond donors (Lipinski definition) is 2. The molecule has 4 heteroatoms. The number of thiocarbonyl (C=S) groups is 1. The molecular formula is C16H19N3S. The molecule has 1 atom stereocenters. The predicted molar refractivity (Wildman–Crippen MR) is 87.9 cm³/mol. The average Bonchev–Trinajstić information content (AvgIpc) is 2.41. The molecule has 0 aliphatic carbocycles. The van der Waals surface area contributed by atoms with Crippen molar-refractivity contribution in [2.75, 3.05) is 5.32 Å². The monoisotopic (exact) mass is 285 g/mol. The van der Waals surface area contributed by atoms with Crippen molar-refractivity contribution in [3.63, 3.8) is 0 Å². The van der Waals surface area contributed by atoms with Crippen molar-refractivity contribution in [3.05, 3.63) is 59.3 Å². The van der Waals surface area contributed by atoms with E-state index in [1.807, 2.05) is 37.4 Å². The highest BCUT2D eigenvalue weighted by Gasteiger charge is 2.09. The second-order valence-corrected chi connectivity index (χ2v) is 5.31. The van der Waals surface area contributed by atoms with Gasteiger partial charge in [-0.15, -0.1) is 0 Å². The van der Waals surface area contributed by atoms with E-state index in [0.717, 1.165) is 11.4 Å². The fourth-order valence-electron chi connectivity index (χ4n) is 2.04. The lowest BCUT2D eigenvalue weighted by atomic mass is 10.0. The Kier molecular flexibility index (Phi) is 4.69. The Morgan fingerprint density at radius 3 is 2.55 bits per heavy atom. The van der Waals surface area contributed by atoms with Gasteiger partial charge in [0, 0.05) is 6.20 Å². The van der Waals surface area contributed by atoms with Crippen LogP contribution in [0.3, 0.4) is 0 Å². The number of nitrogens with zero attached hydrogens (tertiary/aromatic N) is 1. The molecule has 0 saturated heterocycles. The predicted octanol–water partition coefficient (Wildman–Crippen LogP) is 3.75. The van der Waals surface area contributed by atoms with Crippen LogP contribution in [0.2, 0.25) is 0 Å². The summed E-state index contributed by atoms with van der Waals surface area (Å²) >= 11 is 5.33. The van der Waals surface area contributed by atoms with Gasteiger partial charge < -0.3 is 10.6 Å². The first kappa shape index (κ1) is 14.5. The zero-order valence-corrected chi connectivity index (χ0v) is 12.8. The summed E-state index contributed by atoms with van der Waals surface area (Å²) in [6.45, 7) is 6.21. The molecule has 1 unspecified atom stereocenters. The van der Waals surface area contributed by atoms with Crippen LogP contribution in [0.25, 0.3) is 0 Å². The van der Waals surface area contributed by atoms with E-state index in [-0.39, 0.29) is 6.04 Å². The standard InChI is InChI=1S/C16H19N3S/c1-11-8-9-15(17-10-11)19-16(20)18-13(3)14-7-5-4-6-12(14)2/h4-10,13H,1-3H3,(H2,17,18,19,20). The SMILES string of the molecule is Cc1ccc(NC(=S)NC(C)c2ccccc2C)nc1. The van der Waals surface area contributed by atoms with Crippen LogP contribution in [-0.4, -0.2) is 10.1 Å². The van der Waals surface area contributed by atoms with Gasteiger partial charge in [0.2, 0.25) is 0 Å². The molecule has 0 aliphatic heterocycles. The number of pyridine rings is 1. The van der Waals surface area contributed by atoms with E-state index in [0.29, 0.717) is 5.11 Å². The maximum atomic E-state index is 5.33. The first-order chi connectivity index (χ1) is 9.56. The molecule has 2 rings (SSSR count). The van der Waals surface area contributed by atoms with Crippen molar-refractivity contribution < 1.29 is 0 Å². The van der Waals surface area contributed by atoms with E-state index in [4.69, 9.17) is 12.2 Å². The highest BCUT2D eigenvalue weighted by Crippen LogP contribution is 2.16. The number of anilines is 1. The quantitative estimate of drug-likeness (QED) is 0.842. The van der Waals surface area contributed by atoms with E-state index in [1.165, 1.54) is 11.1 Å². The Balaban J connectivity index is 1.98. The molecule has 0 bridgehead atoms. The minimum absolute atomic E-state index is 0.154. The summed E-state index contributed by atoms with van der Waals surface area (Å²) in [7, 11) is 0. The van der Waals surface area contributed by atoms with Gasteiger partial charge in [-0.1, -0.05) is 30.3 Å². The van der Waals surface area contributed by atoms with Gasteiger partial charge in [0.15, 0.2) is 5.11 Å². The van der Waals surface area contributed by atoms with Crippen LogP contribution < -0.4 is 10.6 Å². The normalized spacial score (nSPS) is 11.8. The molecule has 2 aromatic rings. The lowest BCUT2D eigenvalue weighted by molar-refractivity contribution is 0.717. The summed E-state index contributed by atoms with van der Waals surface area (Å²) in [4.78, 5) is 4.28. The third-order valence-corrected chi connectivity index (χ3v) is 3.38. The van der Waals surface area contributed by atoms with Crippen molar-refractivity contribution in [1.29, 1.82) is 0 Å². The van der Waals surface area contributed by atoms with E-state index in [9.17, 15) is 0 Å². The minimum atomic E-state index is 0.154. The van der Waals surface area contributed by atoms with Crippen LogP contribution in [-0.2, 0) is 0 Å². The first-order valence-electron chi connectivity index (χ1n) is 6.62. The van der Waals surface area contributed by atoms with Crippen molar-refractivity contribution in [2.24, 2.45) is 0 Å². The molecule has 0 aliphatic rings. The molecule has 0 amide bonds. The number of rotatable bonds is 3. The lowest BCUT2D eigenvalue weighted by Crippen LogP contribution is -2.31. The molecule has 2 N–H and O–H groups in total. The summed E-state index contributed by atoms with van der Waals surface area (Å²) in [6.07, 6.45) is 1.82. The molecule has 1 aromatic heterocycles. The molecule has 20 heavy (non-hydrogen) atoms. The van der Waals surface area contributed by atoms with Crippen molar-refractivity contribution in [2.45, 2.75) is 26.8 Å². The minimum Gasteiger partial charge on any atom is -0.356 e. The molecule has 0 saturated carbocycles. The number of benzene rings is 1. The van der Waals surface area contributed by atoms with Crippen LogP contribution >= 0.6 is 12.2 Å². The fraction of sp³-hybridized carbons (Fsp3) is 0.250. The summed E-state index contributed by atoms with van der Waals surface area (Å²) in [5.41, 5.74) is 3.62. The van der Waals surface area contributed by atoms with Crippen molar-refractivity contribution in [3.8, 4) is 0 Å². The second kappa shape index (κ2) is 6.48. The summed E-state index contributed by atoms with van der Waals surface area (Å²) in [5.74, 6) is 0.755. The van der Waals surface area contributed by atoms with E-state index >= 15 is 0 Å². The summed E-state index contributed by atoms with van der Waals surface area (Å²) < 4.78 is 0. The van der Waals surface area contributed by atoms with Crippen molar-refractivity contribution in [1.82, 2.24) is 10.3 Å². The number of aryl methyl sites for hydroxylation is 2. The fourth-order valence-corrected chi connectivity index (χ4v) is 2.32. The zero-order valence-electron chi connectivity index (χ0n) is 12.0. The van der Waals surface area contributed by atoms with E-state index < -0.39 is 0 Å². The molecule has 0 radical (unpaired) electrons. The molecule has 3 nitrogen and oxygen atoms in total. The van der Waals surface area contributed by atoms with Gasteiger partial charge in [-0.05, 0) is 55.7 Å². The Morgan fingerprint density at radius 1 is 1.15 bits per heavy atom. The number of hydrogen-bond acceptors (Lipinski definition) is 2. The van der Waals surface area contributed by atoms with Gasteiger partial charge in [-0.2, -0.15) is 0 Å². The van der Waals surface area contributed by atoms with Gasteiger partial charge in [0.1, 0.15) is 5.82 Å². The zero-order chi connectivity index (χ0) is 14.5. The largest absolute Gasteiger partial charge is 0.356 e. The summed E-state index contributed by atoms with van der Waals surface area (Å²) in [5, 5.41) is 6.96. The van der Waals surface area contributed by atoms with Gasteiger partial charge in [-0.3, -0.25) is 0 Å². The van der Waals surface area contributed by atoms with Gasteiger partial charge in [0.25, 0.3) is 0 Å². The highest BCUT2D eigenvalue weighted by molar-refractivity contribution is 7.80. The van der Waals surface area contributed by atoms with E-state index in [2.05, 4.69) is 41.6 Å². The second-order valence-electron chi connectivity index (χ2n) is 4.90. The summed E-state index contributed by atoms with van der Waals surface area (Å²) in [6, 6.07) is 12.4. The van der Waals surface area contributed by atoms with Crippen LogP contribution in [0.4, 0.5) is 5.82 Å². The molecule has 1 heterocycles.